The molecule has 2 aromatic carbocycles. The Hall–Kier alpha value is -2.10. The molecule has 26 heavy (non-hydrogen) atoms. The molecule has 0 bridgehead atoms. The van der Waals surface area contributed by atoms with E-state index in [0.29, 0.717) is 5.75 Å². The van der Waals surface area contributed by atoms with E-state index in [1.165, 1.54) is 43.5 Å². The van der Waals surface area contributed by atoms with Crippen LogP contribution in [0.4, 0.5) is 5.69 Å². The number of sulfonamides is 2. The quantitative estimate of drug-likeness (QED) is 0.779. The Kier molecular flexibility index (Phi) is 5.64. The van der Waals surface area contributed by atoms with Gasteiger partial charge in [-0.25, -0.2) is 21.6 Å². The summed E-state index contributed by atoms with van der Waals surface area (Å²) in [5.74, 6) is 0.546. The molecule has 0 spiro atoms. The summed E-state index contributed by atoms with van der Waals surface area (Å²) in [5, 5.41) is 0. The first-order valence-corrected chi connectivity index (χ1v) is 10.7. The van der Waals surface area contributed by atoms with Crippen LogP contribution in [0.25, 0.3) is 0 Å². The lowest BCUT2D eigenvalue weighted by atomic mass is 10.1. The zero-order valence-corrected chi connectivity index (χ0v) is 16.6. The molecule has 2 aromatic rings. The van der Waals surface area contributed by atoms with Crippen molar-refractivity contribution in [1.29, 1.82) is 0 Å². The highest BCUT2D eigenvalue weighted by Gasteiger charge is 2.22. The maximum atomic E-state index is 12.4. The van der Waals surface area contributed by atoms with Crippen LogP contribution in [0, 0.1) is 0 Å². The van der Waals surface area contributed by atoms with Gasteiger partial charge in [-0.2, -0.15) is 0 Å². The Morgan fingerprint density at radius 2 is 1.23 bits per heavy atom. The van der Waals surface area contributed by atoms with E-state index in [0.717, 1.165) is 0 Å². The second kappa shape index (κ2) is 7.26. The Morgan fingerprint density at radius 1 is 0.769 bits per heavy atom. The summed E-state index contributed by atoms with van der Waals surface area (Å²) in [6.07, 6.45) is 0. The van der Waals surface area contributed by atoms with Crippen molar-refractivity contribution >= 4 is 25.7 Å². The molecule has 0 atom stereocenters. The van der Waals surface area contributed by atoms with Crippen LogP contribution in [-0.4, -0.2) is 29.5 Å². The largest absolute Gasteiger partial charge is 0.497 e. The van der Waals surface area contributed by atoms with Gasteiger partial charge in [0.15, 0.2) is 0 Å². The van der Waals surface area contributed by atoms with Crippen LogP contribution in [0.5, 0.6) is 5.75 Å². The molecule has 0 heterocycles. The molecule has 0 unspecified atom stereocenters. The van der Waals surface area contributed by atoms with Gasteiger partial charge in [0.2, 0.25) is 10.0 Å². The molecular weight excluding hydrogens is 376 g/mol. The highest BCUT2D eigenvalue weighted by Crippen LogP contribution is 2.21. The molecule has 2 rings (SSSR count). The van der Waals surface area contributed by atoms with Crippen molar-refractivity contribution < 1.29 is 21.6 Å². The van der Waals surface area contributed by atoms with Crippen molar-refractivity contribution in [3.8, 4) is 5.75 Å². The first-order chi connectivity index (χ1) is 11.9. The lowest BCUT2D eigenvalue weighted by molar-refractivity contribution is 0.414. The Labute approximate surface area is 154 Å². The smallest absolute Gasteiger partial charge is 0.261 e. The number of rotatable bonds is 6. The minimum atomic E-state index is -3.79. The molecule has 0 aliphatic heterocycles. The van der Waals surface area contributed by atoms with Crippen molar-refractivity contribution in [3.63, 3.8) is 0 Å². The summed E-state index contributed by atoms with van der Waals surface area (Å²) in [6.45, 7) is 5.21. The van der Waals surface area contributed by atoms with Gasteiger partial charge in [-0.05, 0) is 69.3 Å². The summed E-state index contributed by atoms with van der Waals surface area (Å²) in [6, 6.07) is 11.4. The van der Waals surface area contributed by atoms with Crippen LogP contribution in [0.2, 0.25) is 0 Å². The van der Waals surface area contributed by atoms with Crippen molar-refractivity contribution in [2.75, 3.05) is 11.8 Å². The molecular formula is C17H22N2O5S2. The average molecular weight is 399 g/mol. The Morgan fingerprint density at radius 3 is 1.69 bits per heavy atom. The van der Waals surface area contributed by atoms with Gasteiger partial charge in [0.05, 0.1) is 16.9 Å². The van der Waals surface area contributed by atoms with E-state index >= 15 is 0 Å². The van der Waals surface area contributed by atoms with E-state index in [2.05, 4.69) is 9.44 Å². The van der Waals surface area contributed by atoms with Gasteiger partial charge in [-0.1, -0.05) is 0 Å². The SMILES string of the molecule is COc1ccc(S(=O)(=O)Nc2ccc(S(=O)(=O)NC(C)(C)C)cc2)cc1. The maximum Gasteiger partial charge on any atom is 0.261 e. The minimum absolute atomic E-state index is 0.0554. The van der Waals surface area contributed by atoms with Crippen molar-refractivity contribution in [3.05, 3.63) is 48.5 Å². The molecule has 142 valence electrons. The number of benzene rings is 2. The van der Waals surface area contributed by atoms with Crippen molar-refractivity contribution in [1.82, 2.24) is 4.72 Å². The molecule has 0 radical (unpaired) electrons. The van der Waals surface area contributed by atoms with Crippen LogP contribution in [-0.2, 0) is 20.0 Å². The normalized spacial score (nSPS) is 12.6. The number of hydrogen-bond donors (Lipinski definition) is 2. The topological polar surface area (TPSA) is 102 Å². The fourth-order valence-corrected chi connectivity index (χ4v) is 4.61. The third-order valence-corrected chi connectivity index (χ3v) is 6.40. The van der Waals surface area contributed by atoms with E-state index in [1.54, 1.807) is 32.9 Å². The zero-order valence-electron chi connectivity index (χ0n) is 15.0. The fraction of sp³-hybridized carbons (Fsp3) is 0.294. The molecule has 0 aliphatic carbocycles. The monoisotopic (exact) mass is 398 g/mol. The second-order valence-electron chi connectivity index (χ2n) is 6.66. The average Bonchev–Trinajstić information content (AvgIpc) is 2.53. The molecule has 0 amide bonds. The highest BCUT2D eigenvalue weighted by molar-refractivity contribution is 7.92. The summed E-state index contributed by atoms with van der Waals surface area (Å²) in [7, 11) is -5.97. The van der Waals surface area contributed by atoms with Gasteiger partial charge in [0.1, 0.15) is 5.75 Å². The molecule has 0 fully saturated rings. The van der Waals surface area contributed by atoms with E-state index in [9.17, 15) is 16.8 Å². The van der Waals surface area contributed by atoms with Gasteiger partial charge >= 0.3 is 0 Å². The Bertz CT molecular complexity index is 959. The molecule has 0 saturated carbocycles. The minimum Gasteiger partial charge on any atom is -0.497 e. The highest BCUT2D eigenvalue weighted by atomic mass is 32.2. The number of anilines is 1. The van der Waals surface area contributed by atoms with Crippen LogP contribution < -0.4 is 14.2 Å². The molecule has 9 heteroatoms. The second-order valence-corrected chi connectivity index (χ2v) is 10.0. The first kappa shape index (κ1) is 20.2. The lowest BCUT2D eigenvalue weighted by Gasteiger charge is -2.20. The number of hydrogen-bond acceptors (Lipinski definition) is 5. The summed E-state index contributed by atoms with van der Waals surface area (Å²) >= 11 is 0. The summed E-state index contributed by atoms with van der Waals surface area (Å²) < 4.78 is 59.3. The third kappa shape index (κ3) is 5.20. The zero-order chi connectivity index (χ0) is 19.6. The lowest BCUT2D eigenvalue weighted by Crippen LogP contribution is -2.40. The molecule has 7 nitrogen and oxygen atoms in total. The number of nitrogens with one attached hydrogen (secondary N) is 2. The first-order valence-electron chi connectivity index (χ1n) is 7.74. The predicted octanol–water partition coefficient (Wildman–Crippen LogP) is 2.57. The number of methoxy groups -OCH3 is 1. The van der Waals surface area contributed by atoms with E-state index < -0.39 is 25.6 Å². The standard InChI is InChI=1S/C17H22N2O5S2/c1-17(2,3)19-26(22,23)16-9-5-13(6-10-16)18-25(20,21)15-11-7-14(24-4)8-12-15/h5-12,18-19H,1-4H3. The summed E-state index contributed by atoms with van der Waals surface area (Å²) in [4.78, 5) is 0.129. The van der Waals surface area contributed by atoms with E-state index in [4.69, 9.17) is 4.74 Å². The van der Waals surface area contributed by atoms with E-state index in [1.807, 2.05) is 0 Å². The van der Waals surface area contributed by atoms with Crippen LogP contribution >= 0.6 is 0 Å². The molecule has 0 aromatic heterocycles. The number of ether oxygens (including phenoxy) is 1. The molecule has 0 aliphatic rings. The maximum absolute atomic E-state index is 12.4. The predicted molar refractivity (Wildman–Crippen MR) is 100 cm³/mol. The fourth-order valence-electron chi connectivity index (χ4n) is 2.13. The van der Waals surface area contributed by atoms with Gasteiger partial charge in [0.25, 0.3) is 10.0 Å². The van der Waals surface area contributed by atoms with Crippen LogP contribution in [0.1, 0.15) is 20.8 Å². The van der Waals surface area contributed by atoms with Gasteiger partial charge in [-0.3, -0.25) is 4.72 Å². The third-order valence-electron chi connectivity index (χ3n) is 3.23. The molecule has 0 saturated heterocycles. The van der Waals surface area contributed by atoms with Gasteiger partial charge in [-0.15, -0.1) is 0 Å². The summed E-state index contributed by atoms with van der Waals surface area (Å²) in [5.41, 5.74) is -0.358. The molecule has 2 N–H and O–H groups in total. The van der Waals surface area contributed by atoms with Gasteiger partial charge in [0, 0.05) is 11.2 Å². The van der Waals surface area contributed by atoms with Crippen molar-refractivity contribution in [2.45, 2.75) is 36.1 Å². The van der Waals surface area contributed by atoms with Crippen LogP contribution in [0.3, 0.4) is 0 Å². The van der Waals surface area contributed by atoms with Gasteiger partial charge < -0.3 is 4.74 Å². The van der Waals surface area contributed by atoms with Crippen LogP contribution in [0.15, 0.2) is 58.3 Å². The van der Waals surface area contributed by atoms with E-state index in [-0.39, 0.29) is 15.5 Å². The Balaban J connectivity index is 2.20. The van der Waals surface area contributed by atoms with Crippen molar-refractivity contribution in [2.24, 2.45) is 0 Å².